The largest absolute Gasteiger partial charge is 0.480 e. The number of hydrogen-bond acceptors (Lipinski definition) is 4. The molecule has 2 N–H and O–H groups in total. The van der Waals surface area contributed by atoms with Crippen molar-refractivity contribution in [1.29, 1.82) is 0 Å². The van der Waals surface area contributed by atoms with E-state index in [1.165, 1.54) is 11.8 Å². The number of hydrogen-bond donors (Lipinski definition) is 2. The molecule has 7 nitrogen and oxygen atoms in total. The molecular weight excluding hydrogens is 420 g/mol. The summed E-state index contributed by atoms with van der Waals surface area (Å²) in [5, 5.41) is 12.2. The van der Waals surface area contributed by atoms with E-state index in [1.54, 1.807) is 0 Å². The molecule has 1 aliphatic heterocycles. The highest BCUT2D eigenvalue weighted by molar-refractivity contribution is 5.92. The number of rotatable bonds is 6. The van der Waals surface area contributed by atoms with Crippen molar-refractivity contribution < 1.29 is 24.2 Å². The monoisotopic (exact) mass is 446 g/mol. The van der Waals surface area contributed by atoms with Gasteiger partial charge in [-0.3, -0.25) is 4.79 Å². The zero-order valence-electron chi connectivity index (χ0n) is 18.4. The molecule has 0 bridgehead atoms. The predicted octanol–water partition coefficient (Wildman–Crippen LogP) is 3.38. The number of ether oxygens (including phenoxy) is 1. The van der Waals surface area contributed by atoms with Crippen LogP contribution in [0.15, 0.2) is 48.5 Å². The molecule has 7 heteroatoms. The van der Waals surface area contributed by atoms with Crippen molar-refractivity contribution in [2.24, 2.45) is 0 Å². The summed E-state index contributed by atoms with van der Waals surface area (Å²) >= 11 is 0. The van der Waals surface area contributed by atoms with Crippen molar-refractivity contribution in [1.82, 2.24) is 10.2 Å². The molecular formula is C26H26N2O5. The van der Waals surface area contributed by atoms with Gasteiger partial charge in [-0.2, -0.15) is 0 Å². The number of fused-ring (bicyclic) bond motifs is 3. The van der Waals surface area contributed by atoms with E-state index in [1.807, 2.05) is 48.5 Å². The van der Waals surface area contributed by atoms with Crippen molar-refractivity contribution in [3.8, 4) is 23.5 Å². The summed E-state index contributed by atoms with van der Waals surface area (Å²) in [5.41, 5.74) is 3.08. The topological polar surface area (TPSA) is 95.9 Å². The number of nitrogens with zero attached hydrogens (tertiary/aromatic N) is 1. The van der Waals surface area contributed by atoms with Crippen LogP contribution in [0.5, 0.6) is 0 Å². The lowest BCUT2D eigenvalue weighted by Gasteiger charge is -2.33. The second-order valence-electron chi connectivity index (χ2n) is 8.60. The van der Waals surface area contributed by atoms with E-state index in [4.69, 9.17) is 11.2 Å². The maximum atomic E-state index is 13.1. The number of carboxylic acids is 1. The third-order valence-corrected chi connectivity index (χ3v) is 6.62. The smallest absolute Gasteiger partial charge is 0.407 e. The number of carbonyl (C=O) groups is 3. The average molecular weight is 447 g/mol. The summed E-state index contributed by atoms with van der Waals surface area (Å²) in [7, 11) is 0. The Balaban J connectivity index is 1.45. The van der Waals surface area contributed by atoms with Crippen LogP contribution in [-0.4, -0.2) is 52.7 Å². The molecule has 0 saturated carbocycles. The molecule has 170 valence electrons. The number of benzene rings is 2. The van der Waals surface area contributed by atoms with Gasteiger partial charge >= 0.3 is 12.1 Å². The van der Waals surface area contributed by atoms with E-state index in [-0.39, 0.29) is 18.9 Å². The zero-order valence-corrected chi connectivity index (χ0v) is 18.4. The van der Waals surface area contributed by atoms with Crippen molar-refractivity contribution in [2.45, 2.75) is 43.7 Å². The normalized spacial score (nSPS) is 19.8. The van der Waals surface area contributed by atoms with E-state index in [2.05, 4.69) is 11.2 Å². The van der Waals surface area contributed by atoms with Crippen molar-refractivity contribution >= 4 is 18.0 Å². The number of aliphatic carboxylic acids is 1. The van der Waals surface area contributed by atoms with E-state index in [0.717, 1.165) is 22.3 Å². The Bertz CT molecular complexity index is 1090. The molecule has 33 heavy (non-hydrogen) atoms. The Kier molecular flexibility index (Phi) is 6.10. The highest BCUT2D eigenvalue weighted by atomic mass is 16.5. The minimum absolute atomic E-state index is 0.0603. The maximum absolute atomic E-state index is 13.1. The van der Waals surface area contributed by atoms with E-state index in [9.17, 15) is 19.5 Å². The lowest BCUT2D eigenvalue weighted by atomic mass is 9.98. The SMILES string of the molecule is C#CCC(NC(=O)OCC1c2ccccc2-c2ccccc21)C(=O)N1CCC[C@]1(C)C(=O)O. The van der Waals surface area contributed by atoms with Gasteiger partial charge in [0.05, 0.1) is 0 Å². The lowest BCUT2D eigenvalue weighted by molar-refractivity contribution is -0.156. The fourth-order valence-electron chi connectivity index (χ4n) is 4.83. The first-order chi connectivity index (χ1) is 15.9. The molecule has 1 aliphatic carbocycles. The summed E-state index contributed by atoms with van der Waals surface area (Å²) in [6.07, 6.45) is 5.52. The first kappa shape index (κ1) is 22.4. The van der Waals surface area contributed by atoms with Gasteiger partial charge < -0.3 is 20.1 Å². The second-order valence-corrected chi connectivity index (χ2v) is 8.60. The van der Waals surface area contributed by atoms with Crippen LogP contribution in [-0.2, 0) is 14.3 Å². The van der Waals surface area contributed by atoms with Crippen LogP contribution in [0, 0.1) is 12.3 Å². The fraction of sp³-hybridized carbons (Fsp3) is 0.346. The van der Waals surface area contributed by atoms with Gasteiger partial charge in [0, 0.05) is 18.9 Å². The third kappa shape index (κ3) is 4.05. The minimum Gasteiger partial charge on any atom is -0.480 e. The van der Waals surface area contributed by atoms with Gasteiger partial charge in [-0.25, -0.2) is 9.59 Å². The van der Waals surface area contributed by atoms with Gasteiger partial charge in [-0.1, -0.05) is 48.5 Å². The third-order valence-electron chi connectivity index (χ3n) is 6.62. The maximum Gasteiger partial charge on any atom is 0.407 e. The van der Waals surface area contributed by atoms with Gasteiger partial charge in [0.2, 0.25) is 5.91 Å². The Morgan fingerprint density at radius 3 is 2.36 bits per heavy atom. The summed E-state index contributed by atoms with van der Waals surface area (Å²) < 4.78 is 5.52. The summed E-state index contributed by atoms with van der Waals surface area (Å²) in [5.74, 6) is 0.695. The molecule has 1 saturated heterocycles. The standard InChI is InChI=1S/C26H26N2O5/c1-3-9-22(23(29)28-15-8-14-26(28,2)24(30)31)27-25(32)33-16-21-19-12-6-4-10-17(19)18-11-5-7-13-20(18)21/h1,4-7,10-13,21-22H,8-9,14-16H2,2H3,(H,27,32)(H,30,31)/t22?,26-/m1/s1. The number of carboxylic acid groups (broad SMARTS) is 1. The van der Waals surface area contributed by atoms with Crippen LogP contribution in [0.3, 0.4) is 0 Å². The number of carbonyl (C=O) groups excluding carboxylic acids is 2. The van der Waals surface area contributed by atoms with Gasteiger partial charge in [0.1, 0.15) is 18.2 Å². The van der Waals surface area contributed by atoms with Crippen LogP contribution in [0.1, 0.15) is 43.2 Å². The Morgan fingerprint density at radius 2 is 1.79 bits per heavy atom. The molecule has 1 fully saturated rings. The van der Waals surface area contributed by atoms with Crippen LogP contribution in [0.25, 0.3) is 11.1 Å². The Morgan fingerprint density at radius 1 is 1.18 bits per heavy atom. The molecule has 0 spiro atoms. The zero-order chi connectivity index (χ0) is 23.6. The Hall–Kier alpha value is -3.79. The summed E-state index contributed by atoms with van der Waals surface area (Å²) in [6, 6.07) is 14.9. The van der Waals surface area contributed by atoms with Gasteiger partial charge in [-0.15, -0.1) is 12.3 Å². The van der Waals surface area contributed by atoms with Gasteiger partial charge in [0.15, 0.2) is 0 Å². The first-order valence-corrected chi connectivity index (χ1v) is 11.0. The van der Waals surface area contributed by atoms with Crippen molar-refractivity contribution in [3.05, 3.63) is 59.7 Å². The fourth-order valence-corrected chi connectivity index (χ4v) is 4.83. The van der Waals surface area contributed by atoms with Gasteiger partial charge in [0.25, 0.3) is 0 Å². The number of terminal acetylenes is 1. The Labute approximate surface area is 192 Å². The van der Waals surface area contributed by atoms with Crippen LogP contribution < -0.4 is 5.32 Å². The summed E-state index contributed by atoms with van der Waals surface area (Å²) in [4.78, 5) is 38.7. The molecule has 0 aromatic heterocycles. The number of alkyl carbamates (subject to hydrolysis) is 1. The molecule has 2 amide bonds. The quantitative estimate of drug-likeness (QED) is 0.664. The molecule has 2 aliphatic rings. The second kappa shape index (κ2) is 8.99. The van der Waals surface area contributed by atoms with E-state index in [0.29, 0.717) is 19.4 Å². The molecule has 2 aromatic rings. The lowest BCUT2D eigenvalue weighted by Crippen LogP contribution is -2.57. The summed E-state index contributed by atoms with van der Waals surface area (Å²) in [6.45, 7) is 1.92. The van der Waals surface area contributed by atoms with Crippen LogP contribution in [0.2, 0.25) is 0 Å². The van der Waals surface area contributed by atoms with E-state index >= 15 is 0 Å². The van der Waals surface area contributed by atoms with Gasteiger partial charge in [-0.05, 0) is 42.0 Å². The molecule has 0 radical (unpaired) electrons. The van der Waals surface area contributed by atoms with Crippen LogP contribution >= 0.6 is 0 Å². The molecule has 1 heterocycles. The molecule has 1 unspecified atom stereocenters. The highest BCUT2D eigenvalue weighted by Gasteiger charge is 2.47. The van der Waals surface area contributed by atoms with Crippen molar-refractivity contribution in [2.75, 3.05) is 13.2 Å². The van der Waals surface area contributed by atoms with E-state index < -0.39 is 29.6 Å². The molecule has 4 rings (SSSR count). The van der Waals surface area contributed by atoms with Crippen molar-refractivity contribution in [3.63, 3.8) is 0 Å². The van der Waals surface area contributed by atoms with Crippen LogP contribution in [0.4, 0.5) is 4.79 Å². The average Bonchev–Trinajstić information content (AvgIpc) is 3.36. The predicted molar refractivity (Wildman–Crippen MR) is 122 cm³/mol. The number of amides is 2. The number of nitrogens with one attached hydrogen (secondary N) is 1. The molecule has 2 atom stereocenters. The minimum atomic E-state index is -1.31. The highest BCUT2D eigenvalue weighted by Crippen LogP contribution is 2.44. The first-order valence-electron chi connectivity index (χ1n) is 11.0. The molecule has 2 aromatic carbocycles. The number of likely N-dealkylation sites (tertiary alicyclic amines) is 1.